The third kappa shape index (κ3) is 5.29. The van der Waals surface area contributed by atoms with Crippen molar-refractivity contribution >= 4 is 5.69 Å². The van der Waals surface area contributed by atoms with E-state index in [-0.39, 0.29) is 11.9 Å². The molecule has 0 aromatic heterocycles. The standard InChI is InChI=1S/C17H30FN3/c1-6-11-19-12-15-9-8-10-16(18)17(15)21(7-2)14(3)13-20(4)5/h8-10,14,19H,6-7,11-13H2,1-5H3. The lowest BCUT2D eigenvalue weighted by Crippen LogP contribution is -2.41. The van der Waals surface area contributed by atoms with E-state index in [1.807, 2.05) is 6.07 Å². The summed E-state index contributed by atoms with van der Waals surface area (Å²) >= 11 is 0. The van der Waals surface area contributed by atoms with Gasteiger partial charge in [-0.1, -0.05) is 19.1 Å². The van der Waals surface area contributed by atoms with Crippen LogP contribution in [0.15, 0.2) is 18.2 Å². The summed E-state index contributed by atoms with van der Waals surface area (Å²) in [5, 5.41) is 3.37. The molecule has 1 rings (SSSR count). The van der Waals surface area contributed by atoms with Crippen LogP contribution >= 0.6 is 0 Å². The van der Waals surface area contributed by atoms with E-state index in [2.05, 4.69) is 50.0 Å². The normalized spacial score (nSPS) is 12.7. The number of rotatable bonds is 9. The van der Waals surface area contributed by atoms with Gasteiger partial charge in [0, 0.05) is 25.7 Å². The Morgan fingerprint density at radius 3 is 2.52 bits per heavy atom. The van der Waals surface area contributed by atoms with Crippen LogP contribution in [-0.4, -0.2) is 44.7 Å². The predicted molar refractivity (Wildman–Crippen MR) is 89.4 cm³/mol. The topological polar surface area (TPSA) is 18.5 Å². The SMILES string of the molecule is CCCNCc1cccc(F)c1N(CC)C(C)CN(C)C. The van der Waals surface area contributed by atoms with Crippen LogP contribution in [0.4, 0.5) is 10.1 Å². The molecule has 0 saturated heterocycles. The van der Waals surface area contributed by atoms with Crippen molar-refractivity contribution in [2.45, 2.75) is 39.8 Å². The highest BCUT2D eigenvalue weighted by Gasteiger charge is 2.20. The summed E-state index contributed by atoms with van der Waals surface area (Å²) in [7, 11) is 4.10. The molecule has 1 atom stereocenters. The number of halogens is 1. The molecular weight excluding hydrogens is 265 g/mol. The minimum Gasteiger partial charge on any atom is -0.365 e. The summed E-state index contributed by atoms with van der Waals surface area (Å²) in [5.41, 5.74) is 1.79. The van der Waals surface area contributed by atoms with E-state index >= 15 is 0 Å². The molecule has 0 radical (unpaired) electrons. The second kappa shape index (κ2) is 9.00. The van der Waals surface area contributed by atoms with Gasteiger partial charge in [0.25, 0.3) is 0 Å². The molecule has 0 bridgehead atoms. The molecule has 0 heterocycles. The average Bonchev–Trinajstić information content (AvgIpc) is 2.41. The summed E-state index contributed by atoms with van der Waals surface area (Å²) < 4.78 is 14.4. The van der Waals surface area contributed by atoms with Gasteiger partial charge in [0.15, 0.2) is 0 Å². The van der Waals surface area contributed by atoms with Gasteiger partial charge in [-0.3, -0.25) is 0 Å². The van der Waals surface area contributed by atoms with Crippen molar-refractivity contribution in [3.05, 3.63) is 29.6 Å². The number of hydrogen-bond donors (Lipinski definition) is 1. The molecule has 0 aliphatic carbocycles. The second-order valence-corrected chi connectivity index (χ2v) is 5.82. The third-order valence-corrected chi connectivity index (χ3v) is 3.60. The molecule has 0 amide bonds. The van der Waals surface area contributed by atoms with Crippen molar-refractivity contribution in [1.29, 1.82) is 0 Å². The highest BCUT2D eigenvalue weighted by atomic mass is 19.1. The van der Waals surface area contributed by atoms with Crippen LogP contribution in [0.3, 0.4) is 0 Å². The maximum Gasteiger partial charge on any atom is 0.146 e. The fraction of sp³-hybridized carbons (Fsp3) is 0.647. The fourth-order valence-electron chi connectivity index (χ4n) is 2.74. The van der Waals surface area contributed by atoms with Crippen LogP contribution in [0.1, 0.15) is 32.8 Å². The molecule has 1 aromatic rings. The monoisotopic (exact) mass is 295 g/mol. The van der Waals surface area contributed by atoms with Gasteiger partial charge >= 0.3 is 0 Å². The van der Waals surface area contributed by atoms with Crippen molar-refractivity contribution in [1.82, 2.24) is 10.2 Å². The van der Waals surface area contributed by atoms with E-state index in [0.717, 1.165) is 37.3 Å². The molecular formula is C17H30FN3. The fourth-order valence-corrected chi connectivity index (χ4v) is 2.74. The van der Waals surface area contributed by atoms with Gasteiger partial charge < -0.3 is 15.1 Å². The highest BCUT2D eigenvalue weighted by molar-refractivity contribution is 5.55. The molecule has 1 aromatic carbocycles. The maximum atomic E-state index is 14.4. The molecule has 1 unspecified atom stereocenters. The summed E-state index contributed by atoms with van der Waals surface area (Å²) in [4.78, 5) is 4.31. The summed E-state index contributed by atoms with van der Waals surface area (Å²) in [6, 6.07) is 5.65. The lowest BCUT2D eigenvalue weighted by atomic mass is 10.1. The summed E-state index contributed by atoms with van der Waals surface area (Å²) in [6.45, 7) is 9.75. The van der Waals surface area contributed by atoms with Gasteiger partial charge in [0.1, 0.15) is 5.82 Å². The van der Waals surface area contributed by atoms with E-state index in [4.69, 9.17) is 0 Å². The van der Waals surface area contributed by atoms with E-state index in [9.17, 15) is 4.39 Å². The molecule has 4 heteroatoms. The van der Waals surface area contributed by atoms with Gasteiger partial charge in [0.2, 0.25) is 0 Å². The molecule has 3 nitrogen and oxygen atoms in total. The number of hydrogen-bond acceptors (Lipinski definition) is 3. The van der Waals surface area contributed by atoms with Gasteiger partial charge in [-0.25, -0.2) is 4.39 Å². The number of likely N-dealkylation sites (N-methyl/N-ethyl adjacent to an activating group) is 2. The minimum atomic E-state index is -0.127. The Morgan fingerprint density at radius 2 is 1.95 bits per heavy atom. The largest absolute Gasteiger partial charge is 0.365 e. The molecule has 1 N–H and O–H groups in total. The first-order chi connectivity index (χ1) is 10.0. The minimum absolute atomic E-state index is 0.127. The van der Waals surface area contributed by atoms with Crippen molar-refractivity contribution < 1.29 is 4.39 Å². The van der Waals surface area contributed by atoms with E-state index in [1.54, 1.807) is 12.1 Å². The zero-order valence-electron chi connectivity index (χ0n) is 14.1. The molecule has 120 valence electrons. The van der Waals surface area contributed by atoms with Crippen LogP contribution in [-0.2, 0) is 6.54 Å². The molecule has 0 spiro atoms. The summed E-state index contributed by atoms with van der Waals surface area (Å²) in [6.07, 6.45) is 1.08. The molecule has 0 saturated carbocycles. The zero-order valence-corrected chi connectivity index (χ0v) is 14.1. The quantitative estimate of drug-likeness (QED) is 0.706. The van der Waals surface area contributed by atoms with Gasteiger partial charge in [-0.15, -0.1) is 0 Å². The van der Waals surface area contributed by atoms with Crippen LogP contribution < -0.4 is 10.2 Å². The second-order valence-electron chi connectivity index (χ2n) is 5.82. The Labute approximate surface area is 129 Å². The van der Waals surface area contributed by atoms with Gasteiger partial charge in [-0.2, -0.15) is 0 Å². The van der Waals surface area contributed by atoms with Crippen LogP contribution in [0, 0.1) is 5.82 Å². The Hall–Kier alpha value is -1.13. The van der Waals surface area contributed by atoms with Crippen molar-refractivity contribution in [2.75, 3.05) is 38.6 Å². The van der Waals surface area contributed by atoms with Gasteiger partial charge in [-0.05, 0) is 52.5 Å². The van der Waals surface area contributed by atoms with Crippen LogP contribution in [0.2, 0.25) is 0 Å². The zero-order chi connectivity index (χ0) is 15.8. The number of nitrogens with zero attached hydrogens (tertiary/aromatic N) is 2. The third-order valence-electron chi connectivity index (χ3n) is 3.60. The molecule has 21 heavy (non-hydrogen) atoms. The molecule has 0 aliphatic heterocycles. The first kappa shape index (κ1) is 17.9. The van der Waals surface area contributed by atoms with E-state index in [0.29, 0.717) is 6.54 Å². The number of benzene rings is 1. The van der Waals surface area contributed by atoms with Crippen molar-refractivity contribution in [3.63, 3.8) is 0 Å². The van der Waals surface area contributed by atoms with E-state index in [1.165, 1.54) is 0 Å². The maximum absolute atomic E-state index is 14.4. The Balaban J connectivity index is 3.00. The highest BCUT2D eigenvalue weighted by Crippen LogP contribution is 2.26. The van der Waals surface area contributed by atoms with Gasteiger partial charge in [0.05, 0.1) is 5.69 Å². The Morgan fingerprint density at radius 1 is 1.24 bits per heavy atom. The Bertz CT molecular complexity index is 420. The van der Waals surface area contributed by atoms with Crippen LogP contribution in [0.25, 0.3) is 0 Å². The predicted octanol–water partition coefficient (Wildman–Crippen LogP) is 3.10. The number of nitrogens with one attached hydrogen (secondary N) is 1. The van der Waals surface area contributed by atoms with Crippen LogP contribution in [0.5, 0.6) is 0 Å². The van der Waals surface area contributed by atoms with Crippen molar-refractivity contribution in [3.8, 4) is 0 Å². The average molecular weight is 295 g/mol. The van der Waals surface area contributed by atoms with Crippen molar-refractivity contribution in [2.24, 2.45) is 0 Å². The lowest BCUT2D eigenvalue weighted by molar-refractivity contribution is 0.371. The first-order valence-corrected chi connectivity index (χ1v) is 7.90. The molecule has 0 fully saturated rings. The summed E-state index contributed by atoms with van der Waals surface area (Å²) in [5.74, 6) is -0.127. The lowest BCUT2D eigenvalue weighted by Gasteiger charge is -2.34. The smallest absolute Gasteiger partial charge is 0.146 e. The van der Waals surface area contributed by atoms with E-state index < -0.39 is 0 Å². The first-order valence-electron chi connectivity index (χ1n) is 7.90. The molecule has 0 aliphatic rings. The number of anilines is 1. The Kier molecular flexibility index (Phi) is 7.68. The number of para-hydroxylation sites is 1.